The predicted molar refractivity (Wildman–Crippen MR) is 106 cm³/mol. The van der Waals surface area contributed by atoms with E-state index in [9.17, 15) is 4.79 Å². The van der Waals surface area contributed by atoms with Crippen LogP contribution in [-0.4, -0.2) is 23.8 Å². The van der Waals surface area contributed by atoms with Gasteiger partial charge >= 0.3 is 5.97 Å². The molecule has 142 valence electrons. The van der Waals surface area contributed by atoms with E-state index in [1.165, 1.54) is 44.9 Å². The Hall–Kier alpha value is -0.210. The lowest BCUT2D eigenvalue weighted by molar-refractivity contribution is -0.142. The molecule has 0 aliphatic rings. The van der Waals surface area contributed by atoms with Crippen LogP contribution in [0.25, 0.3) is 0 Å². The van der Waals surface area contributed by atoms with Crippen LogP contribution in [0.15, 0.2) is 12.2 Å². The summed E-state index contributed by atoms with van der Waals surface area (Å²) >= 11 is 12.0. The highest BCUT2D eigenvalue weighted by Gasteiger charge is 2.03. The SMILES string of the molecule is CCOC(=O)CC/C=C/CCCC[C@@H](Cl)CCCCCCCCCl. The van der Waals surface area contributed by atoms with Crippen molar-refractivity contribution in [3.8, 4) is 0 Å². The molecular formula is C20H36Cl2O2. The number of alkyl halides is 2. The normalized spacial score (nSPS) is 12.6. The molecule has 0 bridgehead atoms. The average molecular weight is 379 g/mol. The Morgan fingerprint density at radius 2 is 1.50 bits per heavy atom. The van der Waals surface area contributed by atoms with Crippen molar-refractivity contribution in [1.82, 2.24) is 0 Å². The molecule has 0 saturated heterocycles. The first-order valence-electron chi connectivity index (χ1n) is 9.71. The van der Waals surface area contributed by atoms with Crippen LogP contribution in [-0.2, 0) is 9.53 Å². The number of hydrogen-bond donors (Lipinski definition) is 0. The monoisotopic (exact) mass is 378 g/mol. The second-order valence-electron chi connectivity index (χ2n) is 6.30. The van der Waals surface area contributed by atoms with Crippen molar-refractivity contribution < 1.29 is 9.53 Å². The van der Waals surface area contributed by atoms with E-state index in [0.717, 1.165) is 38.0 Å². The van der Waals surface area contributed by atoms with Gasteiger partial charge in [-0.15, -0.1) is 23.2 Å². The number of allylic oxidation sites excluding steroid dienone is 2. The third-order valence-electron chi connectivity index (χ3n) is 4.03. The standard InChI is InChI=1S/C20H36Cl2O2/c1-2-24-20(23)17-13-9-4-3-7-11-15-19(22)16-12-8-5-6-10-14-18-21/h4,9,19H,2-3,5-8,10-18H2,1H3/b9-4+/t19-/m1/s1. The largest absolute Gasteiger partial charge is 0.466 e. The van der Waals surface area contributed by atoms with Crippen molar-refractivity contribution in [3.05, 3.63) is 12.2 Å². The molecule has 0 aliphatic heterocycles. The molecule has 0 aromatic heterocycles. The first kappa shape index (κ1) is 23.8. The minimum Gasteiger partial charge on any atom is -0.466 e. The number of carbonyl (C=O) groups is 1. The number of halogens is 2. The van der Waals surface area contributed by atoms with Gasteiger partial charge in [0, 0.05) is 17.7 Å². The minimum atomic E-state index is -0.105. The molecule has 0 aromatic rings. The van der Waals surface area contributed by atoms with Gasteiger partial charge in [0.25, 0.3) is 0 Å². The summed E-state index contributed by atoms with van der Waals surface area (Å²) in [6.07, 6.45) is 18.8. The van der Waals surface area contributed by atoms with Gasteiger partial charge in [-0.05, 0) is 45.4 Å². The van der Waals surface area contributed by atoms with Crippen LogP contribution in [0.5, 0.6) is 0 Å². The lowest BCUT2D eigenvalue weighted by Crippen LogP contribution is -2.02. The Kier molecular flexibility index (Phi) is 19.0. The molecule has 0 unspecified atom stereocenters. The molecule has 2 nitrogen and oxygen atoms in total. The van der Waals surface area contributed by atoms with Gasteiger partial charge in [0.15, 0.2) is 0 Å². The number of carbonyl (C=O) groups excluding carboxylic acids is 1. The van der Waals surface area contributed by atoms with E-state index in [0.29, 0.717) is 18.4 Å². The Balaban J connectivity index is 3.30. The topological polar surface area (TPSA) is 26.3 Å². The fraction of sp³-hybridized carbons (Fsp3) is 0.850. The number of rotatable bonds is 17. The quantitative estimate of drug-likeness (QED) is 0.117. The maximum atomic E-state index is 11.2. The Bertz CT molecular complexity index is 306. The summed E-state index contributed by atoms with van der Waals surface area (Å²) < 4.78 is 4.89. The van der Waals surface area contributed by atoms with Crippen LogP contribution in [0.2, 0.25) is 0 Å². The van der Waals surface area contributed by atoms with E-state index < -0.39 is 0 Å². The fourth-order valence-corrected chi connectivity index (χ4v) is 3.11. The van der Waals surface area contributed by atoms with Crippen molar-refractivity contribution in [2.75, 3.05) is 12.5 Å². The molecule has 0 fully saturated rings. The van der Waals surface area contributed by atoms with E-state index in [-0.39, 0.29) is 5.97 Å². The molecule has 0 spiro atoms. The summed E-state index contributed by atoms with van der Waals surface area (Å²) in [5.74, 6) is 0.691. The Morgan fingerprint density at radius 1 is 0.917 bits per heavy atom. The lowest BCUT2D eigenvalue weighted by Gasteiger charge is -2.08. The second-order valence-corrected chi connectivity index (χ2v) is 7.29. The minimum absolute atomic E-state index is 0.105. The highest BCUT2D eigenvalue weighted by atomic mass is 35.5. The molecule has 0 rings (SSSR count). The smallest absolute Gasteiger partial charge is 0.306 e. The van der Waals surface area contributed by atoms with Crippen molar-refractivity contribution in [3.63, 3.8) is 0 Å². The molecule has 0 aliphatic carbocycles. The van der Waals surface area contributed by atoms with Gasteiger partial charge < -0.3 is 4.74 Å². The van der Waals surface area contributed by atoms with Gasteiger partial charge in [0.1, 0.15) is 0 Å². The summed E-state index contributed by atoms with van der Waals surface area (Å²) in [5, 5.41) is 0.334. The molecule has 0 N–H and O–H groups in total. The zero-order valence-electron chi connectivity index (χ0n) is 15.4. The summed E-state index contributed by atoms with van der Waals surface area (Å²) in [6.45, 7) is 2.30. The van der Waals surface area contributed by atoms with Crippen LogP contribution in [0.1, 0.15) is 90.4 Å². The van der Waals surface area contributed by atoms with E-state index in [1.54, 1.807) is 0 Å². The van der Waals surface area contributed by atoms with Crippen molar-refractivity contribution >= 4 is 29.2 Å². The lowest BCUT2D eigenvalue weighted by atomic mass is 10.0. The van der Waals surface area contributed by atoms with E-state index in [2.05, 4.69) is 12.2 Å². The number of ether oxygens (including phenoxy) is 1. The first-order chi connectivity index (χ1) is 11.7. The summed E-state index contributed by atoms with van der Waals surface area (Å²) in [6, 6.07) is 0. The van der Waals surface area contributed by atoms with Crippen LogP contribution in [0, 0.1) is 0 Å². The van der Waals surface area contributed by atoms with Crippen molar-refractivity contribution in [2.45, 2.75) is 95.8 Å². The third-order valence-corrected chi connectivity index (χ3v) is 4.73. The van der Waals surface area contributed by atoms with Gasteiger partial charge in [0.2, 0.25) is 0 Å². The molecule has 0 amide bonds. The Morgan fingerprint density at radius 3 is 2.17 bits per heavy atom. The Labute approximate surface area is 159 Å². The molecule has 0 heterocycles. The molecule has 0 radical (unpaired) electrons. The van der Waals surface area contributed by atoms with E-state index >= 15 is 0 Å². The van der Waals surface area contributed by atoms with Gasteiger partial charge in [-0.3, -0.25) is 4.79 Å². The summed E-state index contributed by atoms with van der Waals surface area (Å²) in [4.78, 5) is 11.2. The van der Waals surface area contributed by atoms with Crippen LogP contribution in [0.3, 0.4) is 0 Å². The zero-order chi connectivity index (χ0) is 17.9. The maximum absolute atomic E-state index is 11.2. The third kappa shape index (κ3) is 18.1. The van der Waals surface area contributed by atoms with Gasteiger partial charge in [0.05, 0.1) is 6.61 Å². The highest BCUT2D eigenvalue weighted by molar-refractivity contribution is 6.20. The molecule has 4 heteroatoms. The fourth-order valence-electron chi connectivity index (χ4n) is 2.61. The zero-order valence-corrected chi connectivity index (χ0v) is 16.9. The van der Waals surface area contributed by atoms with Crippen LogP contribution < -0.4 is 0 Å². The van der Waals surface area contributed by atoms with Gasteiger partial charge in [-0.25, -0.2) is 0 Å². The number of unbranched alkanes of at least 4 members (excludes halogenated alkanes) is 7. The maximum Gasteiger partial charge on any atom is 0.306 e. The van der Waals surface area contributed by atoms with Crippen molar-refractivity contribution in [1.29, 1.82) is 0 Å². The van der Waals surface area contributed by atoms with Crippen molar-refractivity contribution in [2.24, 2.45) is 0 Å². The van der Waals surface area contributed by atoms with Crippen LogP contribution >= 0.6 is 23.2 Å². The van der Waals surface area contributed by atoms with Gasteiger partial charge in [-0.1, -0.05) is 50.7 Å². The van der Waals surface area contributed by atoms with E-state index in [4.69, 9.17) is 27.9 Å². The highest BCUT2D eigenvalue weighted by Crippen LogP contribution is 2.17. The number of esters is 1. The van der Waals surface area contributed by atoms with Gasteiger partial charge in [-0.2, -0.15) is 0 Å². The predicted octanol–water partition coefficient (Wildman–Crippen LogP) is 7.02. The molecule has 1 atom stereocenters. The first-order valence-corrected chi connectivity index (χ1v) is 10.7. The molecule has 0 aromatic carbocycles. The summed E-state index contributed by atoms with van der Waals surface area (Å²) in [5.41, 5.74) is 0. The second kappa shape index (κ2) is 19.1. The average Bonchev–Trinajstić information content (AvgIpc) is 2.56. The number of hydrogen-bond acceptors (Lipinski definition) is 2. The molecule has 24 heavy (non-hydrogen) atoms. The molecular weight excluding hydrogens is 343 g/mol. The molecule has 0 saturated carbocycles. The summed E-state index contributed by atoms with van der Waals surface area (Å²) in [7, 11) is 0. The van der Waals surface area contributed by atoms with Crippen LogP contribution in [0.4, 0.5) is 0 Å². The van der Waals surface area contributed by atoms with E-state index in [1.807, 2.05) is 6.92 Å².